The fraction of sp³-hybridized carbons (Fsp3) is 0.375. The summed E-state index contributed by atoms with van der Waals surface area (Å²) in [6.45, 7) is 3.59. The molecule has 0 saturated heterocycles. The van der Waals surface area contributed by atoms with Gasteiger partial charge in [-0.15, -0.1) is 6.58 Å². The second-order valence-corrected chi connectivity index (χ2v) is 5.03. The number of rotatable bonds is 7. The van der Waals surface area contributed by atoms with Crippen molar-refractivity contribution < 1.29 is 14.3 Å². The predicted octanol–water partition coefficient (Wildman–Crippen LogP) is 2.49. The molecule has 2 rings (SSSR count). The lowest BCUT2D eigenvalue weighted by Crippen LogP contribution is -2.27. The molecule has 0 heterocycles. The SMILES string of the molecule is C=CCCC(=O)Nc1ccc(OC)cc1C(=O)NC1CC1. The first-order valence-corrected chi connectivity index (χ1v) is 7.03. The number of ether oxygens (including phenoxy) is 1. The summed E-state index contributed by atoms with van der Waals surface area (Å²) in [7, 11) is 1.54. The van der Waals surface area contributed by atoms with Crippen LogP contribution in [-0.2, 0) is 4.79 Å². The van der Waals surface area contributed by atoms with Crippen molar-refractivity contribution in [3.8, 4) is 5.75 Å². The van der Waals surface area contributed by atoms with Crippen LogP contribution in [0.2, 0.25) is 0 Å². The van der Waals surface area contributed by atoms with Crippen molar-refractivity contribution in [2.24, 2.45) is 0 Å². The first-order chi connectivity index (χ1) is 10.1. The maximum atomic E-state index is 12.2. The monoisotopic (exact) mass is 288 g/mol. The molecule has 5 nitrogen and oxygen atoms in total. The summed E-state index contributed by atoms with van der Waals surface area (Å²) in [5, 5.41) is 5.68. The second-order valence-electron chi connectivity index (χ2n) is 5.03. The number of amides is 2. The first kappa shape index (κ1) is 15.1. The zero-order chi connectivity index (χ0) is 15.2. The fourth-order valence-electron chi connectivity index (χ4n) is 1.88. The lowest BCUT2D eigenvalue weighted by atomic mass is 10.1. The summed E-state index contributed by atoms with van der Waals surface area (Å²) in [6.07, 6.45) is 4.66. The second kappa shape index (κ2) is 6.92. The summed E-state index contributed by atoms with van der Waals surface area (Å²) >= 11 is 0. The van der Waals surface area contributed by atoms with Crippen LogP contribution < -0.4 is 15.4 Å². The van der Waals surface area contributed by atoms with Gasteiger partial charge in [-0.2, -0.15) is 0 Å². The van der Waals surface area contributed by atoms with Crippen molar-refractivity contribution in [3.05, 3.63) is 36.4 Å². The maximum absolute atomic E-state index is 12.2. The van der Waals surface area contributed by atoms with E-state index in [4.69, 9.17) is 4.74 Å². The summed E-state index contributed by atoms with van der Waals surface area (Å²) < 4.78 is 5.14. The standard InChI is InChI=1S/C16H20N2O3/c1-3-4-5-15(19)18-14-9-8-12(21-2)10-13(14)16(20)17-11-6-7-11/h3,8-11H,1,4-7H2,2H3,(H,17,20)(H,18,19). The van der Waals surface area contributed by atoms with Crippen molar-refractivity contribution in [2.75, 3.05) is 12.4 Å². The molecule has 1 aromatic rings. The molecule has 1 fully saturated rings. The summed E-state index contributed by atoms with van der Waals surface area (Å²) in [4.78, 5) is 24.1. The third kappa shape index (κ3) is 4.34. The van der Waals surface area contributed by atoms with Crippen molar-refractivity contribution in [1.29, 1.82) is 0 Å². The Bertz CT molecular complexity index is 550. The number of anilines is 1. The number of hydrogen-bond donors (Lipinski definition) is 2. The Morgan fingerprint density at radius 1 is 1.43 bits per heavy atom. The van der Waals surface area contributed by atoms with Crippen LogP contribution in [0.25, 0.3) is 0 Å². The van der Waals surface area contributed by atoms with Crippen LogP contribution >= 0.6 is 0 Å². The lowest BCUT2D eigenvalue weighted by molar-refractivity contribution is -0.116. The van der Waals surface area contributed by atoms with Gasteiger partial charge in [0, 0.05) is 12.5 Å². The van der Waals surface area contributed by atoms with E-state index < -0.39 is 0 Å². The summed E-state index contributed by atoms with van der Waals surface area (Å²) in [6, 6.07) is 5.30. The van der Waals surface area contributed by atoms with Crippen LogP contribution in [0.15, 0.2) is 30.9 Å². The van der Waals surface area contributed by atoms with Crippen LogP contribution in [0, 0.1) is 0 Å². The molecule has 21 heavy (non-hydrogen) atoms. The number of hydrogen-bond acceptors (Lipinski definition) is 3. The molecule has 2 N–H and O–H groups in total. The molecule has 1 aliphatic rings. The molecule has 112 valence electrons. The molecule has 0 radical (unpaired) electrons. The molecular weight excluding hydrogens is 268 g/mol. The van der Waals surface area contributed by atoms with Gasteiger partial charge in [-0.05, 0) is 37.5 Å². The molecule has 0 unspecified atom stereocenters. The fourth-order valence-corrected chi connectivity index (χ4v) is 1.88. The molecule has 0 aliphatic heterocycles. The van der Waals surface area contributed by atoms with E-state index >= 15 is 0 Å². The molecule has 0 spiro atoms. The van der Waals surface area contributed by atoms with E-state index in [0.29, 0.717) is 29.8 Å². The average Bonchev–Trinajstić information content (AvgIpc) is 3.29. The zero-order valence-corrected chi connectivity index (χ0v) is 12.1. The predicted molar refractivity (Wildman–Crippen MR) is 81.5 cm³/mol. The van der Waals surface area contributed by atoms with E-state index in [2.05, 4.69) is 17.2 Å². The van der Waals surface area contributed by atoms with Gasteiger partial charge < -0.3 is 15.4 Å². The minimum absolute atomic E-state index is 0.138. The molecule has 2 amide bonds. The van der Waals surface area contributed by atoms with Crippen molar-refractivity contribution in [2.45, 2.75) is 31.7 Å². The topological polar surface area (TPSA) is 67.4 Å². The first-order valence-electron chi connectivity index (χ1n) is 7.03. The van der Waals surface area contributed by atoms with E-state index in [1.807, 2.05) is 0 Å². The highest BCUT2D eigenvalue weighted by molar-refractivity contribution is 6.04. The Morgan fingerprint density at radius 2 is 2.19 bits per heavy atom. The van der Waals surface area contributed by atoms with Gasteiger partial charge in [0.2, 0.25) is 5.91 Å². The Kier molecular flexibility index (Phi) is 4.98. The average molecular weight is 288 g/mol. The maximum Gasteiger partial charge on any atom is 0.253 e. The molecule has 1 aliphatic carbocycles. The van der Waals surface area contributed by atoms with E-state index in [0.717, 1.165) is 12.8 Å². The smallest absolute Gasteiger partial charge is 0.253 e. The summed E-state index contributed by atoms with van der Waals surface area (Å²) in [5.41, 5.74) is 0.927. The van der Waals surface area contributed by atoms with Gasteiger partial charge in [0.15, 0.2) is 0 Å². The van der Waals surface area contributed by atoms with E-state index in [1.54, 1.807) is 31.4 Å². The lowest BCUT2D eigenvalue weighted by Gasteiger charge is -2.12. The van der Waals surface area contributed by atoms with E-state index in [1.165, 1.54) is 0 Å². The Hall–Kier alpha value is -2.30. The highest BCUT2D eigenvalue weighted by Crippen LogP contribution is 2.25. The Balaban J connectivity index is 2.15. The molecule has 1 saturated carbocycles. The third-order valence-electron chi connectivity index (χ3n) is 3.23. The molecule has 1 aromatic carbocycles. The number of nitrogens with one attached hydrogen (secondary N) is 2. The molecule has 0 aromatic heterocycles. The van der Waals surface area contributed by atoms with Crippen molar-refractivity contribution >= 4 is 17.5 Å². The Labute approximate surface area is 124 Å². The Morgan fingerprint density at radius 3 is 2.81 bits per heavy atom. The van der Waals surface area contributed by atoms with Crippen molar-refractivity contribution in [1.82, 2.24) is 5.32 Å². The number of benzene rings is 1. The zero-order valence-electron chi connectivity index (χ0n) is 12.1. The van der Waals surface area contributed by atoms with Gasteiger partial charge >= 0.3 is 0 Å². The van der Waals surface area contributed by atoms with Gasteiger partial charge in [0.1, 0.15) is 5.75 Å². The van der Waals surface area contributed by atoms with E-state index in [9.17, 15) is 9.59 Å². The molecule has 0 bridgehead atoms. The minimum Gasteiger partial charge on any atom is -0.497 e. The number of carbonyl (C=O) groups excluding carboxylic acids is 2. The third-order valence-corrected chi connectivity index (χ3v) is 3.23. The number of carbonyl (C=O) groups is 2. The number of methoxy groups -OCH3 is 1. The molecule has 5 heteroatoms. The molecular formula is C16H20N2O3. The van der Waals surface area contributed by atoms with Gasteiger partial charge in [0.05, 0.1) is 18.4 Å². The van der Waals surface area contributed by atoms with Crippen LogP contribution in [-0.4, -0.2) is 25.0 Å². The number of allylic oxidation sites excluding steroid dienone is 1. The van der Waals surface area contributed by atoms with Crippen molar-refractivity contribution in [3.63, 3.8) is 0 Å². The van der Waals surface area contributed by atoms with Crippen LogP contribution in [0.4, 0.5) is 5.69 Å². The minimum atomic E-state index is -0.185. The highest BCUT2D eigenvalue weighted by atomic mass is 16.5. The van der Waals surface area contributed by atoms with E-state index in [-0.39, 0.29) is 17.9 Å². The normalized spacial score (nSPS) is 13.4. The van der Waals surface area contributed by atoms with Crippen LogP contribution in [0.1, 0.15) is 36.0 Å². The van der Waals surface area contributed by atoms with Crippen LogP contribution in [0.5, 0.6) is 5.75 Å². The molecule has 0 atom stereocenters. The van der Waals surface area contributed by atoms with Gasteiger partial charge in [-0.1, -0.05) is 6.08 Å². The van der Waals surface area contributed by atoms with Gasteiger partial charge in [0.25, 0.3) is 5.91 Å². The quantitative estimate of drug-likeness (QED) is 0.757. The van der Waals surface area contributed by atoms with Gasteiger partial charge in [-0.3, -0.25) is 9.59 Å². The van der Waals surface area contributed by atoms with Crippen LogP contribution in [0.3, 0.4) is 0 Å². The van der Waals surface area contributed by atoms with Gasteiger partial charge in [-0.25, -0.2) is 0 Å². The highest BCUT2D eigenvalue weighted by Gasteiger charge is 2.25. The summed E-state index contributed by atoms with van der Waals surface area (Å²) in [5.74, 6) is 0.260. The largest absolute Gasteiger partial charge is 0.497 e.